The van der Waals surface area contributed by atoms with Crippen molar-refractivity contribution in [2.75, 3.05) is 13.6 Å². The monoisotopic (exact) mass is 231 g/mol. The predicted molar refractivity (Wildman–Crippen MR) is 54.4 cm³/mol. The summed E-state index contributed by atoms with van der Waals surface area (Å²) in [6, 6.07) is 3.62. The van der Waals surface area contributed by atoms with Crippen LogP contribution in [-0.4, -0.2) is 19.4 Å². The minimum absolute atomic E-state index is 0.0281. The molecule has 0 aliphatic carbocycles. The van der Waals surface area contributed by atoms with Gasteiger partial charge in [-0.05, 0) is 25.6 Å². The number of rotatable bonds is 3. The standard InChI is InChI=1S/C11H12F3NO/c1-7-3-4-8(10(16)6-15-2)5-9(7)11(12,13)14/h3-5,15H,6H2,1-2H3. The molecule has 1 rings (SSSR count). The van der Waals surface area contributed by atoms with E-state index in [1.165, 1.54) is 19.1 Å². The molecule has 0 heterocycles. The Labute approximate surface area is 91.5 Å². The quantitative estimate of drug-likeness (QED) is 0.809. The minimum atomic E-state index is -4.42. The van der Waals surface area contributed by atoms with E-state index in [1.807, 2.05) is 0 Å². The summed E-state index contributed by atoms with van der Waals surface area (Å²) in [4.78, 5) is 11.4. The van der Waals surface area contributed by atoms with Crippen LogP contribution in [0.15, 0.2) is 18.2 Å². The lowest BCUT2D eigenvalue weighted by Crippen LogP contribution is -2.19. The molecular weight excluding hydrogens is 219 g/mol. The van der Waals surface area contributed by atoms with Crippen LogP contribution < -0.4 is 5.32 Å². The van der Waals surface area contributed by atoms with Gasteiger partial charge in [0.15, 0.2) is 5.78 Å². The lowest BCUT2D eigenvalue weighted by molar-refractivity contribution is -0.138. The molecule has 0 unspecified atom stereocenters. The molecule has 0 bridgehead atoms. The summed E-state index contributed by atoms with van der Waals surface area (Å²) in [5.41, 5.74) is -0.560. The van der Waals surface area contributed by atoms with Crippen LogP contribution in [0.2, 0.25) is 0 Å². The number of likely N-dealkylation sites (N-methyl/N-ethyl adjacent to an activating group) is 1. The lowest BCUT2D eigenvalue weighted by atomic mass is 10.0. The molecular formula is C11H12F3NO. The highest BCUT2D eigenvalue weighted by Crippen LogP contribution is 2.32. The number of halogens is 3. The van der Waals surface area contributed by atoms with E-state index in [0.717, 1.165) is 6.07 Å². The summed E-state index contributed by atoms with van der Waals surface area (Å²) in [5, 5.41) is 2.61. The third-order valence-electron chi connectivity index (χ3n) is 2.20. The smallest absolute Gasteiger partial charge is 0.313 e. The zero-order chi connectivity index (χ0) is 12.3. The van der Waals surface area contributed by atoms with Crippen LogP contribution >= 0.6 is 0 Å². The fraction of sp³-hybridized carbons (Fsp3) is 0.364. The van der Waals surface area contributed by atoms with Crippen molar-refractivity contribution in [1.29, 1.82) is 0 Å². The van der Waals surface area contributed by atoms with Crippen molar-refractivity contribution in [3.05, 3.63) is 34.9 Å². The van der Waals surface area contributed by atoms with Crippen LogP contribution in [0.1, 0.15) is 21.5 Å². The second kappa shape index (κ2) is 4.65. The molecule has 1 aromatic rings. The molecule has 0 saturated heterocycles. The molecule has 0 aromatic heterocycles. The van der Waals surface area contributed by atoms with Gasteiger partial charge in [0.25, 0.3) is 0 Å². The van der Waals surface area contributed by atoms with Gasteiger partial charge in [-0.2, -0.15) is 13.2 Å². The number of carbonyl (C=O) groups is 1. The Morgan fingerprint density at radius 1 is 1.38 bits per heavy atom. The number of alkyl halides is 3. The molecule has 0 amide bonds. The zero-order valence-corrected chi connectivity index (χ0v) is 8.98. The van der Waals surface area contributed by atoms with Crippen LogP contribution in [0.4, 0.5) is 13.2 Å². The van der Waals surface area contributed by atoms with E-state index in [-0.39, 0.29) is 23.5 Å². The first kappa shape index (κ1) is 12.7. The van der Waals surface area contributed by atoms with Gasteiger partial charge in [-0.3, -0.25) is 4.79 Å². The van der Waals surface area contributed by atoms with Crippen molar-refractivity contribution in [2.45, 2.75) is 13.1 Å². The summed E-state index contributed by atoms with van der Waals surface area (Å²) in [6.45, 7) is 1.40. The maximum absolute atomic E-state index is 12.6. The zero-order valence-electron chi connectivity index (χ0n) is 8.98. The van der Waals surface area contributed by atoms with E-state index in [1.54, 1.807) is 7.05 Å². The highest BCUT2D eigenvalue weighted by atomic mass is 19.4. The number of carbonyl (C=O) groups excluding carboxylic acids is 1. The predicted octanol–water partition coefficient (Wildman–Crippen LogP) is 2.42. The molecule has 2 nitrogen and oxygen atoms in total. The molecule has 0 aliphatic heterocycles. The van der Waals surface area contributed by atoms with Gasteiger partial charge in [0.2, 0.25) is 0 Å². The van der Waals surface area contributed by atoms with Crippen LogP contribution in [0.5, 0.6) is 0 Å². The highest BCUT2D eigenvalue weighted by Gasteiger charge is 2.32. The fourth-order valence-corrected chi connectivity index (χ4v) is 1.36. The molecule has 0 fully saturated rings. The Morgan fingerprint density at radius 2 is 2.00 bits per heavy atom. The first-order chi connectivity index (χ1) is 7.36. The topological polar surface area (TPSA) is 29.1 Å². The van der Waals surface area contributed by atoms with Gasteiger partial charge >= 0.3 is 6.18 Å². The highest BCUT2D eigenvalue weighted by molar-refractivity contribution is 5.97. The largest absolute Gasteiger partial charge is 0.416 e. The molecule has 0 radical (unpaired) electrons. The Balaban J connectivity index is 3.13. The Kier molecular flexibility index (Phi) is 3.70. The average molecular weight is 231 g/mol. The van der Waals surface area contributed by atoms with Gasteiger partial charge in [0.05, 0.1) is 12.1 Å². The third kappa shape index (κ3) is 2.82. The maximum Gasteiger partial charge on any atom is 0.416 e. The molecule has 88 valence electrons. The first-order valence-electron chi connectivity index (χ1n) is 4.72. The van der Waals surface area contributed by atoms with Crippen molar-refractivity contribution in [1.82, 2.24) is 5.32 Å². The Morgan fingerprint density at radius 3 is 2.50 bits per heavy atom. The van der Waals surface area contributed by atoms with Gasteiger partial charge in [-0.25, -0.2) is 0 Å². The number of ketones is 1. The number of nitrogens with one attached hydrogen (secondary N) is 1. The van der Waals surface area contributed by atoms with Gasteiger partial charge < -0.3 is 5.32 Å². The fourth-order valence-electron chi connectivity index (χ4n) is 1.36. The van der Waals surface area contributed by atoms with E-state index >= 15 is 0 Å². The van der Waals surface area contributed by atoms with Gasteiger partial charge in [0, 0.05) is 5.56 Å². The number of hydrogen-bond acceptors (Lipinski definition) is 2. The molecule has 16 heavy (non-hydrogen) atoms. The molecule has 0 spiro atoms. The number of benzene rings is 1. The van der Waals surface area contributed by atoms with Gasteiger partial charge in [-0.1, -0.05) is 12.1 Å². The summed E-state index contributed by atoms with van der Waals surface area (Å²) >= 11 is 0. The molecule has 0 aliphatic rings. The van der Waals surface area contributed by atoms with Crippen LogP contribution in [0, 0.1) is 6.92 Å². The molecule has 1 aromatic carbocycles. The summed E-state index contributed by atoms with van der Waals surface area (Å²) in [6.07, 6.45) is -4.42. The Hall–Kier alpha value is -1.36. The minimum Gasteiger partial charge on any atom is -0.313 e. The second-order valence-corrected chi connectivity index (χ2v) is 3.48. The third-order valence-corrected chi connectivity index (χ3v) is 2.20. The van der Waals surface area contributed by atoms with Crippen molar-refractivity contribution < 1.29 is 18.0 Å². The Bertz CT molecular complexity index is 399. The molecule has 0 atom stereocenters. The van der Waals surface area contributed by atoms with E-state index in [2.05, 4.69) is 5.32 Å². The summed E-state index contributed by atoms with van der Waals surface area (Å²) in [7, 11) is 1.57. The normalized spacial score (nSPS) is 11.6. The number of aryl methyl sites for hydroxylation is 1. The molecule has 0 saturated carbocycles. The summed E-state index contributed by atoms with van der Waals surface area (Å²) in [5.74, 6) is -0.354. The number of Topliss-reactive ketones (excluding diaryl/α,β-unsaturated/α-hetero) is 1. The van der Waals surface area contributed by atoms with Crippen molar-refractivity contribution in [3.63, 3.8) is 0 Å². The second-order valence-electron chi connectivity index (χ2n) is 3.48. The van der Waals surface area contributed by atoms with Gasteiger partial charge in [-0.15, -0.1) is 0 Å². The lowest BCUT2D eigenvalue weighted by Gasteiger charge is -2.11. The van der Waals surface area contributed by atoms with E-state index in [9.17, 15) is 18.0 Å². The first-order valence-corrected chi connectivity index (χ1v) is 4.72. The number of hydrogen-bond donors (Lipinski definition) is 1. The van der Waals surface area contributed by atoms with E-state index in [4.69, 9.17) is 0 Å². The van der Waals surface area contributed by atoms with E-state index in [0.29, 0.717) is 0 Å². The van der Waals surface area contributed by atoms with Crippen molar-refractivity contribution in [3.8, 4) is 0 Å². The van der Waals surface area contributed by atoms with Gasteiger partial charge in [0.1, 0.15) is 0 Å². The molecule has 5 heteroatoms. The van der Waals surface area contributed by atoms with Crippen LogP contribution in [0.3, 0.4) is 0 Å². The summed E-state index contributed by atoms with van der Waals surface area (Å²) < 4.78 is 37.7. The SMILES string of the molecule is CNCC(=O)c1ccc(C)c(C(F)(F)F)c1. The van der Waals surface area contributed by atoms with Crippen LogP contribution in [-0.2, 0) is 6.18 Å². The molecule has 1 N–H and O–H groups in total. The maximum atomic E-state index is 12.6. The van der Waals surface area contributed by atoms with E-state index < -0.39 is 11.7 Å². The van der Waals surface area contributed by atoms with Crippen molar-refractivity contribution >= 4 is 5.78 Å². The van der Waals surface area contributed by atoms with Crippen LogP contribution in [0.25, 0.3) is 0 Å². The average Bonchev–Trinajstić information content (AvgIpc) is 2.16. The van der Waals surface area contributed by atoms with Crippen molar-refractivity contribution in [2.24, 2.45) is 0 Å².